The highest BCUT2D eigenvalue weighted by Crippen LogP contribution is 2.47. The second-order valence-electron chi connectivity index (χ2n) is 7.27. The summed E-state index contributed by atoms with van der Waals surface area (Å²) in [5.74, 6) is -1.46. The highest BCUT2D eigenvalue weighted by Gasteiger charge is 2.56. The van der Waals surface area contributed by atoms with Gasteiger partial charge in [0.15, 0.2) is 5.41 Å². The first-order chi connectivity index (χ1) is 11.2. The molecule has 1 fully saturated rings. The van der Waals surface area contributed by atoms with Crippen LogP contribution in [0, 0.1) is 5.41 Å². The summed E-state index contributed by atoms with van der Waals surface area (Å²) in [6.07, 6.45) is 0.357. The van der Waals surface area contributed by atoms with E-state index in [0.717, 1.165) is 10.8 Å². The number of rotatable bonds is 5. The molecular weight excluding hydrogens is 328 g/mol. The molecule has 0 amide bonds. The molecule has 2 aliphatic rings. The van der Waals surface area contributed by atoms with Crippen LogP contribution < -0.4 is 0 Å². The molecule has 0 aromatic rings. The number of esters is 3. The Balaban J connectivity index is 2.38. The maximum Gasteiger partial charge on any atom is 0.330 e. The van der Waals surface area contributed by atoms with Gasteiger partial charge in [0.2, 0.25) is 0 Å². The van der Waals surface area contributed by atoms with E-state index in [1.807, 2.05) is 0 Å². The second kappa shape index (κ2) is 6.70. The summed E-state index contributed by atoms with van der Waals surface area (Å²) < 4.78 is 15.8. The van der Waals surface area contributed by atoms with Crippen LogP contribution in [0.15, 0.2) is 10.8 Å². The number of hydrogen-bond acceptors (Lipinski definition) is 6. The Morgan fingerprint density at radius 2 is 1.71 bits per heavy atom. The van der Waals surface area contributed by atoms with Crippen LogP contribution in [0.4, 0.5) is 0 Å². The quantitative estimate of drug-likeness (QED) is 0.326. The van der Waals surface area contributed by atoms with Gasteiger partial charge in [0.25, 0.3) is 0 Å². The molecular formula is C17H26O6Si. The van der Waals surface area contributed by atoms with E-state index in [4.69, 9.17) is 14.2 Å². The second-order valence-corrected chi connectivity index (χ2v) is 12.3. The lowest BCUT2D eigenvalue weighted by atomic mass is 9.71. The monoisotopic (exact) mass is 354 g/mol. The van der Waals surface area contributed by atoms with E-state index >= 15 is 0 Å². The lowest BCUT2D eigenvalue weighted by Gasteiger charge is -2.36. The first kappa shape index (κ1) is 18.7. The predicted molar refractivity (Wildman–Crippen MR) is 89.8 cm³/mol. The summed E-state index contributed by atoms with van der Waals surface area (Å²) in [4.78, 5) is 37.3. The zero-order valence-corrected chi connectivity index (χ0v) is 16.1. The molecule has 0 bridgehead atoms. The first-order valence-corrected chi connectivity index (χ1v) is 12.0. The average molecular weight is 354 g/mol. The highest BCUT2D eigenvalue weighted by atomic mass is 28.3. The van der Waals surface area contributed by atoms with Crippen LogP contribution in [0.1, 0.15) is 33.1 Å². The molecule has 1 saturated carbocycles. The van der Waals surface area contributed by atoms with Gasteiger partial charge in [0, 0.05) is 11.6 Å². The standard InChI is InChI=1S/C17H26O6Si/c1-6-21-15(19)17(16(20)22-7-2)9-8-11-12(10-17)23-14(18)13(11)24(3,4)5/h12H,6-10H2,1-5H3. The van der Waals surface area contributed by atoms with E-state index in [-0.39, 0.29) is 25.6 Å². The average Bonchev–Trinajstić information content (AvgIpc) is 2.81. The van der Waals surface area contributed by atoms with Crippen LogP contribution in [0.2, 0.25) is 19.6 Å². The van der Waals surface area contributed by atoms with Crippen molar-refractivity contribution in [2.45, 2.75) is 58.9 Å². The smallest absolute Gasteiger partial charge is 0.330 e. The maximum atomic E-state index is 12.5. The zero-order valence-electron chi connectivity index (χ0n) is 15.1. The summed E-state index contributed by atoms with van der Waals surface area (Å²) in [7, 11) is -1.85. The molecule has 0 radical (unpaired) electrons. The van der Waals surface area contributed by atoms with Gasteiger partial charge in [-0.1, -0.05) is 19.6 Å². The molecule has 2 rings (SSSR count). The molecule has 1 heterocycles. The van der Waals surface area contributed by atoms with Crippen LogP contribution in [0.5, 0.6) is 0 Å². The third-order valence-electron chi connectivity index (χ3n) is 4.60. The molecule has 7 heteroatoms. The van der Waals surface area contributed by atoms with Crippen molar-refractivity contribution in [2.24, 2.45) is 5.41 Å². The van der Waals surface area contributed by atoms with Crippen molar-refractivity contribution >= 4 is 26.0 Å². The summed E-state index contributed by atoms with van der Waals surface area (Å²) >= 11 is 0. The van der Waals surface area contributed by atoms with E-state index < -0.39 is 31.5 Å². The number of hydrogen-bond donors (Lipinski definition) is 0. The molecule has 1 aliphatic carbocycles. The van der Waals surface area contributed by atoms with Crippen molar-refractivity contribution in [1.82, 2.24) is 0 Å². The van der Waals surface area contributed by atoms with Crippen LogP contribution in [0.3, 0.4) is 0 Å². The predicted octanol–water partition coefficient (Wildman–Crippen LogP) is 2.38. The van der Waals surface area contributed by atoms with Gasteiger partial charge in [-0.05, 0) is 32.3 Å². The normalized spacial score (nSPS) is 22.7. The van der Waals surface area contributed by atoms with Crippen LogP contribution in [-0.2, 0) is 28.6 Å². The van der Waals surface area contributed by atoms with Crippen molar-refractivity contribution < 1.29 is 28.6 Å². The van der Waals surface area contributed by atoms with E-state index in [0.29, 0.717) is 12.8 Å². The fraction of sp³-hybridized carbons (Fsp3) is 0.706. The van der Waals surface area contributed by atoms with Gasteiger partial charge in [-0.3, -0.25) is 9.59 Å². The zero-order chi connectivity index (χ0) is 18.1. The Bertz CT molecular complexity index is 568. The van der Waals surface area contributed by atoms with Gasteiger partial charge in [-0.2, -0.15) is 0 Å². The first-order valence-electron chi connectivity index (χ1n) is 8.46. The molecule has 1 unspecified atom stereocenters. The third kappa shape index (κ3) is 3.13. The number of carbonyl (C=O) groups is 3. The van der Waals surface area contributed by atoms with Gasteiger partial charge in [0.1, 0.15) is 6.10 Å². The molecule has 6 nitrogen and oxygen atoms in total. The van der Waals surface area contributed by atoms with E-state index in [1.54, 1.807) is 13.8 Å². The molecule has 0 saturated heterocycles. The Kier molecular flexibility index (Phi) is 5.22. The lowest BCUT2D eigenvalue weighted by Crippen LogP contribution is -2.47. The minimum absolute atomic E-state index is 0.111. The van der Waals surface area contributed by atoms with Crippen molar-refractivity contribution in [3.63, 3.8) is 0 Å². The minimum Gasteiger partial charge on any atom is -0.465 e. The maximum absolute atomic E-state index is 12.5. The number of fused-ring (bicyclic) bond motifs is 1. The Morgan fingerprint density at radius 3 is 2.17 bits per heavy atom. The van der Waals surface area contributed by atoms with Gasteiger partial charge in [-0.25, -0.2) is 4.79 Å². The van der Waals surface area contributed by atoms with E-state index in [9.17, 15) is 14.4 Å². The molecule has 0 N–H and O–H groups in total. The van der Waals surface area contributed by atoms with Gasteiger partial charge >= 0.3 is 17.9 Å². The number of carbonyl (C=O) groups excluding carboxylic acids is 3. The SMILES string of the molecule is CCOC(=O)C1(C(=O)OCC)CCC2=C([Si](C)(C)C)C(=O)OC2C1. The fourth-order valence-corrected chi connectivity index (χ4v) is 5.47. The van der Waals surface area contributed by atoms with E-state index in [1.165, 1.54) is 0 Å². The fourth-order valence-electron chi connectivity index (χ4n) is 3.55. The molecule has 0 aromatic carbocycles. The number of ether oxygens (including phenoxy) is 3. The molecule has 0 spiro atoms. The van der Waals surface area contributed by atoms with Crippen molar-refractivity contribution in [2.75, 3.05) is 13.2 Å². The van der Waals surface area contributed by atoms with Crippen molar-refractivity contribution in [1.29, 1.82) is 0 Å². The topological polar surface area (TPSA) is 78.9 Å². The van der Waals surface area contributed by atoms with Gasteiger partial charge in [0.05, 0.1) is 21.3 Å². The lowest BCUT2D eigenvalue weighted by molar-refractivity contribution is -0.177. The van der Waals surface area contributed by atoms with Gasteiger partial charge in [-0.15, -0.1) is 0 Å². The molecule has 1 aliphatic heterocycles. The highest BCUT2D eigenvalue weighted by molar-refractivity contribution is 6.87. The Hall–Kier alpha value is -1.63. The van der Waals surface area contributed by atoms with Crippen molar-refractivity contribution in [3.8, 4) is 0 Å². The van der Waals surface area contributed by atoms with Crippen LogP contribution in [-0.4, -0.2) is 45.3 Å². The van der Waals surface area contributed by atoms with Gasteiger partial charge < -0.3 is 14.2 Å². The minimum atomic E-state index is -1.85. The van der Waals surface area contributed by atoms with Crippen molar-refractivity contribution in [3.05, 3.63) is 10.8 Å². The van der Waals surface area contributed by atoms with E-state index in [2.05, 4.69) is 19.6 Å². The molecule has 0 aromatic heterocycles. The summed E-state index contributed by atoms with van der Waals surface area (Å²) in [5.41, 5.74) is -0.418. The van der Waals surface area contributed by atoms with Crippen LogP contribution in [0.25, 0.3) is 0 Å². The Labute approximate surface area is 143 Å². The molecule has 24 heavy (non-hydrogen) atoms. The Morgan fingerprint density at radius 1 is 1.17 bits per heavy atom. The third-order valence-corrected chi connectivity index (χ3v) is 6.63. The summed E-state index contributed by atoms with van der Waals surface area (Å²) in [5, 5.41) is 0.800. The van der Waals surface area contributed by atoms with Crippen LogP contribution >= 0.6 is 0 Å². The molecule has 1 atom stereocenters. The summed E-state index contributed by atoms with van der Waals surface area (Å²) in [6.45, 7) is 10.1. The largest absolute Gasteiger partial charge is 0.465 e. The molecule has 134 valence electrons. The summed E-state index contributed by atoms with van der Waals surface area (Å²) in [6, 6.07) is 0.